The van der Waals surface area contributed by atoms with Crippen molar-refractivity contribution >= 4 is 17.5 Å². The molecule has 2 amide bonds. The Labute approximate surface area is 229 Å². The Kier molecular flexibility index (Phi) is 8.20. The van der Waals surface area contributed by atoms with Gasteiger partial charge in [-0.2, -0.15) is 5.10 Å². The number of rotatable bonds is 9. The van der Waals surface area contributed by atoms with Crippen LogP contribution in [0.4, 0.5) is 0 Å². The molecule has 8 nitrogen and oxygen atoms in total. The molecule has 202 valence electrons. The normalized spacial score (nSPS) is 18.4. The minimum Gasteiger partial charge on any atom is -0.493 e. The van der Waals surface area contributed by atoms with Crippen LogP contribution in [0.3, 0.4) is 0 Å². The average Bonchev–Trinajstić information content (AvgIpc) is 3.50. The molecule has 2 aromatic carbocycles. The molecule has 0 spiro atoms. The summed E-state index contributed by atoms with van der Waals surface area (Å²) >= 11 is 0. The quantitative estimate of drug-likeness (QED) is 0.397. The molecule has 1 N–H and O–H groups in total. The van der Waals surface area contributed by atoms with Gasteiger partial charge in [-0.05, 0) is 68.0 Å². The molecule has 1 fully saturated rings. The molecule has 2 atom stereocenters. The third kappa shape index (κ3) is 5.95. The summed E-state index contributed by atoms with van der Waals surface area (Å²) in [5.74, 6) is 0.840. The van der Waals surface area contributed by atoms with Crippen LogP contribution in [0.5, 0.6) is 11.5 Å². The standard InChI is InChI=1S/C31H34N4O4/c1-3-21-20-28(36)35(30(22-9-5-4-6-10-22)33-31(37)23-15-17-32-18-16-23)34-29(21)24-13-14-26(38-2)27(19-24)39-25-11-7-8-12-25/h4-6,9-10,13-19,21,25,30H,3,7-8,11-12,20H2,1-2H3,(H,33,37). The third-order valence-corrected chi connectivity index (χ3v) is 7.40. The number of methoxy groups -OCH3 is 1. The first-order chi connectivity index (χ1) is 19.1. The molecule has 0 bridgehead atoms. The first-order valence-electron chi connectivity index (χ1n) is 13.6. The Balaban J connectivity index is 1.52. The molecule has 1 aliphatic heterocycles. The lowest BCUT2D eigenvalue weighted by Crippen LogP contribution is -2.46. The van der Waals surface area contributed by atoms with E-state index in [0.717, 1.165) is 36.1 Å². The van der Waals surface area contributed by atoms with Gasteiger partial charge >= 0.3 is 0 Å². The minimum absolute atomic E-state index is 0.0613. The van der Waals surface area contributed by atoms with Crippen molar-refractivity contribution in [2.45, 2.75) is 57.7 Å². The van der Waals surface area contributed by atoms with Gasteiger partial charge in [-0.25, -0.2) is 5.01 Å². The number of nitrogens with one attached hydrogen (secondary N) is 1. The van der Waals surface area contributed by atoms with Crippen LogP contribution in [-0.4, -0.2) is 40.7 Å². The molecule has 3 aromatic rings. The van der Waals surface area contributed by atoms with Crippen molar-refractivity contribution in [3.05, 3.63) is 89.7 Å². The fourth-order valence-corrected chi connectivity index (χ4v) is 5.23. The van der Waals surface area contributed by atoms with Gasteiger partial charge in [0.1, 0.15) is 0 Å². The molecule has 0 radical (unpaired) electrons. The molecule has 2 heterocycles. The van der Waals surface area contributed by atoms with E-state index < -0.39 is 6.17 Å². The second kappa shape index (κ2) is 12.1. The van der Waals surface area contributed by atoms with Crippen molar-refractivity contribution in [2.24, 2.45) is 11.0 Å². The van der Waals surface area contributed by atoms with Gasteiger partial charge in [0.05, 0.1) is 18.9 Å². The highest BCUT2D eigenvalue weighted by atomic mass is 16.5. The Hall–Kier alpha value is -4.20. The van der Waals surface area contributed by atoms with E-state index in [1.807, 2.05) is 48.5 Å². The monoisotopic (exact) mass is 526 g/mol. The van der Waals surface area contributed by atoms with E-state index in [4.69, 9.17) is 14.6 Å². The van der Waals surface area contributed by atoms with E-state index in [1.54, 1.807) is 31.6 Å². The number of amides is 2. The molecular formula is C31H34N4O4. The number of ether oxygens (including phenoxy) is 2. The lowest BCUT2D eigenvalue weighted by Gasteiger charge is -2.35. The van der Waals surface area contributed by atoms with Crippen LogP contribution in [-0.2, 0) is 4.79 Å². The number of aromatic nitrogens is 1. The predicted molar refractivity (Wildman–Crippen MR) is 149 cm³/mol. The van der Waals surface area contributed by atoms with Gasteiger partial charge < -0.3 is 14.8 Å². The molecule has 8 heteroatoms. The fourth-order valence-electron chi connectivity index (χ4n) is 5.23. The maximum Gasteiger partial charge on any atom is 0.253 e. The number of hydrogen-bond acceptors (Lipinski definition) is 6. The van der Waals surface area contributed by atoms with E-state index in [0.29, 0.717) is 17.1 Å². The molecule has 39 heavy (non-hydrogen) atoms. The summed E-state index contributed by atoms with van der Waals surface area (Å²) in [6.45, 7) is 2.06. The summed E-state index contributed by atoms with van der Waals surface area (Å²) in [5, 5.41) is 9.35. The summed E-state index contributed by atoms with van der Waals surface area (Å²) < 4.78 is 11.9. The number of hydrazone groups is 1. The van der Waals surface area contributed by atoms with Gasteiger partial charge in [0.2, 0.25) is 5.91 Å². The van der Waals surface area contributed by atoms with Crippen LogP contribution >= 0.6 is 0 Å². The molecule has 0 saturated heterocycles. The van der Waals surface area contributed by atoms with Gasteiger partial charge in [-0.15, -0.1) is 0 Å². The van der Waals surface area contributed by atoms with Crippen LogP contribution in [0.2, 0.25) is 0 Å². The first-order valence-corrected chi connectivity index (χ1v) is 13.6. The van der Waals surface area contributed by atoms with Crippen LogP contribution in [0.15, 0.2) is 78.2 Å². The van der Waals surface area contributed by atoms with Crippen molar-refractivity contribution in [3.8, 4) is 11.5 Å². The second-order valence-electron chi connectivity index (χ2n) is 9.95. The van der Waals surface area contributed by atoms with Gasteiger partial charge in [0.15, 0.2) is 17.7 Å². The molecular weight excluding hydrogens is 492 g/mol. The van der Waals surface area contributed by atoms with Crippen molar-refractivity contribution in [1.29, 1.82) is 0 Å². The van der Waals surface area contributed by atoms with E-state index >= 15 is 0 Å². The first kappa shape index (κ1) is 26.4. The van der Waals surface area contributed by atoms with Gasteiger partial charge in [-0.1, -0.05) is 37.3 Å². The smallest absolute Gasteiger partial charge is 0.253 e. The predicted octanol–water partition coefficient (Wildman–Crippen LogP) is 5.50. The number of benzene rings is 2. The van der Waals surface area contributed by atoms with Crippen molar-refractivity contribution in [2.75, 3.05) is 7.11 Å². The summed E-state index contributed by atoms with van der Waals surface area (Å²) in [5.41, 5.74) is 2.87. The molecule has 1 aromatic heterocycles. The maximum absolute atomic E-state index is 13.5. The average molecular weight is 527 g/mol. The number of nitrogens with zero attached hydrogens (tertiary/aromatic N) is 3. The lowest BCUT2D eigenvalue weighted by molar-refractivity contribution is -0.135. The fraction of sp³-hybridized carbons (Fsp3) is 0.355. The van der Waals surface area contributed by atoms with Crippen molar-refractivity contribution in [3.63, 3.8) is 0 Å². The van der Waals surface area contributed by atoms with E-state index in [2.05, 4.69) is 17.2 Å². The molecule has 5 rings (SSSR count). The van der Waals surface area contributed by atoms with E-state index in [1.165, 1.54) is 17.9 Å². The minimum atomic E-state index is -0.778. The second-order valence-corrected chi connectivity index (χ2v) is 9.95. The Morgan fingerprint density at radius 1 is 1.05 bits per heavy atom. The van der Waals surface area contributed by atoms with E-state index in [9.17, 15) is 9.59 Å². The highest BCUT2D eigenvalue weighted by molar-refractivity contribution is 6.06. The van der Waals surface area contributed by atoms with Crippen LogP contribution in [0, 0.1) is 5.92 Å². The largest absolute Gasteiger partial charge is 0.493 e. The number of hydrogen-bond donors (Lipinski definition) is 1. The summed E-state index contributed by atoms with van der Waals surface area (Å²) in [6, 6.07) is 18.5. The van der Waals surface area contributed by atoms with Crippen molar-refractivity contribution in [1.82, 2.24) is 15.3 Å². The Bertz CT molecular complexity index is 1320. The van der Waals surface area contributed by atoms with Crippen LogP contribution in [0.1, 0.15) is 73.1 Å². The summed E-state index contributed by atoms with van der Waals surface area (Å²) in [7, 11) is 1.64. The number of carbonyl (C=O) groups is 2. The Morgan fingerprint density at radius 2 is 1.79 bits per heavy atom. The van der Waals surface area contributed by atoms with Gasteiger partial charge in [-0.3, -0.25) is 14.6 Å². The molecule has 2 aliphatic rings. The molecule has 1 aliphatic carbocycles. The molecule has 1 saturated carbocycles. The van der Waals surface area contributed by atoms with Crippen LogP contribution < -0.4 is 14.8 Å². The number of carbonyl (C=O) groups excluding carboxylic acids is 2. The summed E-state index contributed by atoms with van der Waals surface area (Å²) in [6.07, 6.45) is 7.96. The number of pyridine rings is 1. The van der Waals surface area contributed by atoms with Crippen molar-refractivity contribution < 1.29 is 19.1 Å². The Morgan fingerprint density at radius 3 is 2.49 bits per heavy atom. The topological polar surface area (TPSA) is 93.1 Å². The zero-order valence-corrected chi connectivity index (χ0v) is 22.4. The maximum atomic E-state index is 13.5. The zero-order chi connectivity index (χ0) is 27.2. The third-order valence-electron chi connectivity index (χ3n) is 7.40. The van der Waals surface area contributed by atoms with E-state index in [-0.39, 0.29) is 30.3 Å². The summed E-state index contributed by atoms with van der Waals surface area (Å²) in [4.78, 5) is 30.7. The van der Waals surface area contributed by atoms with Gasteiger partial charge in [0.25, 0.3) is 5.91 Å². The van der Waals surface area contributed by atoms with Gasteiger partial charge in [0, 0.05) is 35.9 Å². The molecule has 2 unspecified atom stereocenters. The SMILES string of the molecule is CCC1CC(=O)N(C(NC(=O)c2ccncc2)c2ccccc2)N=C1c1ccc(OC)c(OC2CCCC2)c1. The zero-order valence-electron chi connectivity index (χ0n) is 22.4. The highest BCUT2D eigenvalue weighted by Gasteiger charge is 2.35. The lowest BCUT2D eigenvalue weighted by atomic mass is 9.89. The van der Waals surface area contributed by atoms with Crippen LogP contribution in [0.25, 0.3) is 0 Å². The highest BCUT2D eigenvalue weighted by Crippen LogP contribution is 2.35.